The maximum atomic E-state index is 9.29. The predicted molar refractivity (Wildman–Crippen MR) is 74.9 cm³/mol. The monoisotopic (exact) mass is 246 g/mol. The average Bonchev–Trinajstić information content (AvgIpc) is 2.34. The van der Waals surface area contributed by atoms with E-state index in [0.29, 0.717) is 17.8 Å². The molecule has 3 heteroatoms. The van der Waals surface area contributed by atoms with Crippen molar-refractivity contribution in [3.8, 4) is 5.75 Å². The quantitative estimate of drug-likeness (QED) is 0.812. The molecule has 1 heterocycles. The van der Waals surface area contributed by atoms with Crippen LogP contribution in [0.3, 0.4) is 0 Å². The van der Waals surface area contributed by atoms with Crippen molar-refractivity contribution in [3.05, 3.63) is 29.8 Å². The van der Waals surface area contributed by atoms with Crippen LogP contribution in [-0.2, 0) is 0 Å². The molecule has 18 heavy (non-hydrogen) atoms. The maximum absolute atomic E-state index is 9.29. The standard InChI is InChI=1S/C15H22N2O/c1-11-5-4-6-12(2)17(11)16-13(3)14-7-9-15(18)10-8-14/h7-12,18H,4-6H2,1-3H3. The molecule has 1 aliphatic heterocycles. The second kappa shape index (κ2) is 5.42. The zero-order chi connectivity index (χ0) is 13.1. The van der Waals surface area contributed by atoms with E-state index in [1.807, 2.05) is 19.1 Å². The molecule has 1 aliphatic rings. The fourth-order valence-corrected chi connectivity index (χ4v) is 2.54. The lowest BCUT2D eigenvalue weighted by Crippen LogP contribution is -2.40. The van der Waals surface area contributed by atoms with Gasteiger partial charge in [0.25, 0.3) is 0 Å². The molecule has 1 aromatic rings. The SMILES string of the molecule is CC(=NN1C(C)CCCC1C)c1ccc(O)cc1. The van der Waals surface area contributed by atoms with Crippen molar-refractivity contribution in [2.45, 2.75) is 52.1 Å². The molecular weight excluding hydrogens is 224 g/mol. The molecule has 1 saturated heterocycles. The van der Waals surface area contributed by atoms with Gasteiger partial charge in [0.15, 0.2) is 0 Å². The molecule has 0 spiro atoms. The Bertz CT molecular complexity index is 415. The lowest BCUT2D eigenvalue weighted by molar-refractivity contribution is 0.108. The number of rotatable bonds is 2. The summed E-state index contributed by atoms with van der Waals surface area (Å²) in [5.74, 6) is 0.297. The van der Waals surface area contributed by atoms with Crippen LogP contribution in [0.4, 0.5) is 0 Å². The van der Waals surface area contributed by atoms with E-state index in [1.165, 1.54) is 19.3 Å². The molecule has 2 rings (SSSR count). The first-order chi connectivity index (χ1) is 8.58. The molecule has 1 aromatic carbocycles. The van der Waals surface area contributed by atoms with E-state index >= 15 is 0 Å². The number of phenols is 1. The van der Waals surface area contributed by atoms with Gasteiger partial charge >= 0.3 is 0 Å². The first kappa shape index (κ1) is 12.9. The Hall–Kier alpha value is -1.51. The van der Waals surface area contributed by atoms with Gasteiger partial charge in [0.2, 0.25) is 0 Å². The van der Waals surface area contributed by atoms with Crippen molar-refractivity contribution in [3.63, 3.8) is 0 Å². The first-order valence-electron chi connectivity index (χ1n) is 6.71. The highest BCUT2D eigenvalue weighted by atomic mass is 16.3. The number of aromatic hydroxyl groups is 1. The smallest absolute Gasteiger partial charge is 0.115 e. The van der Waals surface area contributed by atoms with Gasteiger partial charge in [-0.15, -0.1) is 0 Å². The topological polar surface area (TPSA) is 35.8 Å². The highest BCUT2D eigenvalue weighted by Crippen LogP contribution is 2.23. The second-order valence-electron chi connectivity index (χ2n) is 5.24. The van der Waals surface area contributed by atoms with Crippen molar-refractivity contribution in [1.82, 2.24) is 5.01 Å². The van der Waals surface area contributed by atoms with Gasteiger partial charge in [0, 0.05) is 12.1 Å². The van der Waals surface area contributed by atoms with Crippen LogP contribution in [0.1, 0.15) is 45.6 Å². The fraction of sp³-hybridized carbons (Fsp3) is 0.533. The summed E-state index contributed by atoms with van der Waals surface area (Å²) >= 11 is 0. The van der Waals surface area contributed by atoms with Gasteiger partial charge in [-0.3, -0.25) is 5.01 Å². The minimum absolute atomic E-state index is 0.297. The van der Waals surface area contributed by atoms with Gasteiger partial charge in [-0.1, -0.05) is 0 Å². The van der Waals surface area contributed by atoms with Crippen LogP contribution in [0, 0.1) is 0 Å². The molecule has 0 saturated carbocycles. The largest absolute Gasteiger partial charge is 0.508 e. The molecule has 0 aromatic heterocycles. The minimum Gasteiger partial charge on any atom is -0.508 e. The van der Waals surface area contributed by atoms with Crippen LogP contribution in [0.5, 0.6) is 5.75 Å². The Morgan fingerprint density at radius 2 is 1.72 bits per heavy atom. The Morgan fingerprint density at radius 3 is 2.28 bits per heavy atom. The van der Waals surface area contributed by atoms with Crippen LogP contribution < -0.4 is 0 Å². The van der Waals surface area contributed by atoms with E-state index in [1.54, 1.807) is 12.1 Å². The van der Waals surface area contributed by atoms with E-state index in [-0.39, 0.29) is 0 Å². The summed E-state index contributed by atoms with van der Waals surface area (Å²) in [4.78, 5) is 0. The van der Waals surface area contributed by atoms with Crippen molar-refractivity contribution < 1.29 is 5.11 Å². The maximum Gasteiger partial charge on any atom is 0.115 e. The molecule has 0 aliphatic carbocycles. The third-order valence-electron chi connectivity index (χ3n) is 3.70. The van der Waals surface area contributed by atoms with E-state index in [0.717, 1.165) is 11.3 Å². The third kappa shape index (κ3) is 2.84. The number of phenolic OH excluding ortho intramolecular Hbond substituents is 1. The van der Waals surface area contributed by atoms with E-state index in [2.05, 4.69) is 18.9 Å². The molecule has 0 radical (unpaired) electrons. The van der Waals surface area contributed by atoms with Gasteiger partial charge in [-0.2, -0.15) is 5.10 Å². The lowest BCUT2D eigenvalue weighted by Gasteiger charge is -2.37. The van der Waals surface area contributed by atoms with Crippen molar-refractivity contribution in [2.24, 2.45) is 5.10 Å². The van der Waals surface area contributed by atoms with E-state index < -0.39 is 0 Å². The van der Waals surface area contributed by atoms with Crippen LogP contribution in [0.15, 0.2) is 29.4 Å². The summed E-state index contributed by atoms with van der Waals surface area (Å²) in [7, 11) is 0. The number of hydrogen-bond donors (Lipinski definition) is 1. The summed E-state index contributed by atoms with van der Waals surface area (Å²) in [6, 6.07) is 8.26. The molecular formula is C15H22N2O. The average molecular weight is 246 g/mol. The Kier molecular flexibility index (Phi) is 3.90. The van der Waals surface area contributed by atoms with Gasteiger partial charge in [0.05, 0.1) is 5.71 Å². The second-order valence-corrected chi connectivity index (χ2v) is 5.24. The molecule has 2 atom stereocenters. The minimum atomic E-state index is 0.297. The molecule has 0 amide bonds. The molecule has 2 unspecified atom stereocenters. The number of benzene rings is 1. The molecule has 3 nitrogen and oxygen atoms in total. The van der Waals surface area contributed by atoms with Crippen LogP contribution in [0.25, 0.3) is 0 Å². The van der Waals surface area contributed by atoms with Gasteiger partial charge in [-0.25, -0.2) is 0 Å². The van der Waals surface area contributed by atoms with Gasteiger partial charge in [-0.05, 0) is 69.9 Å². The molecule has 1 fully saturated rings. The Morgan fingerprint density at radius 1 is 1.17 bits per heavy atom. The van der Waals surface area contributed by atoms with Crippen LogP contribution >= 0.6 is 0 Å². The number of hydrogen-bond acceptors (Lipinski definition) is 3. The zero-order valence-corrected chi connectivity index (χ0v) is 11.4. The van der Waals surface area contributed by atoms with Gasteiger partial charge < -0.3 is 5.11 Å². The number of nitrogens with zero attached hydrogens (tertiary/aromatic N) is 2. The fourth-order valence-electron chi connectivity index (χ4n) is 2.54. The van der Waals surface area contributed by atoms with Crippen molar-refractivity contribution in [2.75, 3.05) is 0 Å². The Balaban J connectivity index is 2.18. The van der Waals surface area contributed by atoms with Crippen LogP contribution in [0.2, 0.25) is 0 Å². The van der Waals surface area contributed by atoms with E-state index in [9.17, 15) is 5.11 Å². The number of hydrazone groups is 1. The van der Waals surface area contributed by atoms with Gasteiger partial charge in [0.1, 0.15) is 5.75 Å². The van der Waals surface area contributed by atoms with E-state index in [4.69, 9.17) is 5.10 Å². The molecule has 1 N–H and O–H groups in total. The highest BCUT2D eigenvalue weighted by Gasteiger charge is 2.23. The Labute approximate surface area is 109 Å². The lowest BCUT2D eigenvalue weighted by atomic mass is 10.00. The third-order valence-corrected chi connectivity index (χ3v) is 3.70. The highest BCUT2D eigenvalue weighted by molar-refractivity contribution is 5.98. The first-order valence-corrected chi connectivity index (χ1v) is 6.71. The molecule has 0 bridgehead atoms. The summed E-state index contributed by atoms with van der Waals surface area (Å²) in [5.41, 5.74) is 2.08. The predicted octanol–water partition coefficient (Wildman–Crippen LogP) is 3.38. The summed E-state index contributed by atoms with van der Waals surface area (Å²) in [6.07, 6.45) is 3.74. The normalized spacial score (nSPS) is 25.3. The zero-order valence-electron chi connectivity index (χ0n) is 11.4. The summed E-state index contributed by atoms with van der Waals surface area (Å²) in [5, 5.41) is 16.3. The number of piperidine rings is 1. The summed E-state index contributed by atoms with van der Waals surface area (Å²) < 4.78 is 0. The summed E-state index contributed by atoms with van der Waals surface area (Å²) in [6.45, 7) is 6.51. The van der Waals surface area contributed by atoms with Crippen molar-refractivity contribution >= 4 is 5.71 Å². The molecule has 98 valence electrons. The van der Waals surface area contributed by atoms with Crippen molar-refractivity contribution in [1.29, 1.82) is 0 Å². The van der Waals surface area contributed by atoms with Crippen LogP contribution in [-0.4, -0.2) is 27.9 Å².